The first-order valence-corrected chi connectivity index (χ1v) is 31.3. The van der Waals surface area contributed by atoms with Gasteiger partial charge in [-0.25, -0.2) is 0 Å². The van der Waals surface area contributed by atoms with Gasteiger partial charge in [0.15, 0.2) is 0 Å². The first-order valence-electron chi connectivity index (χ1n) is 31.3. The Balaban J connectivity index is 0.726. The average Bonchev–Trinajstić information content (AvgIpc) is 1.52. The molecule has 1 spiro atoms. The van der Waals surface area contributed by atoms with Crippen molar-refractivity contribution in [2.24, 2.45) is 0 Å². The Kier molecular flexibility index (Phi) is 11.8. The summed E-state index contributed by atoms with van der Waals surface area (Å²) in [6.45, 7) is 4.09. The smallest absolute Gasteiger partial charge is 0.0725 e. The Hall–Kier alpha value is -11.6. The second-order valence-corrected chi connectivity index (χ2v) is 24.3. The Morgan fingerprint density at radius 1 is 0.256 bits per heavy atom. The molecule has 90 heavy (non-hydrogen) atoms. The molecule has 0 amide bonds. The number of rotatable bonds is 10. The van der Waals surface area contributed by atoms with Crippen LogP contribution in [0.1, 0.15) is 50.4 Å². The van der Waals surface area contributed by atoms with E-state index in [0.717, 1.165) is 16.9 Å². The van der Waals surface area contributed by atoms with Crippen LogP contribution in [0.25, 0.3) is 128 Å². The van der Waals surface area contributed by atoms with Crippen LogP contribution in [0.4, 0.5) is 0 Å². The SMILES string of the molecule is C=Cc1cccc(-c2ccc3c(c2)C2(c4ccccc4-3)c3ccccc3-c3ccc(-c4cccc(-n5c6ccccc6c6cc(-c7ccc(C(c8ccc(-c9ccccc9)cc8)c8ccc9c%10ccccc%10n(-c%10ccccc%10)c9c8)cc7)ccc65)c4)cc32)c1. The molecule has 2 heteroatoms. The molecule has 0 saturated heterocycles. The van der Waals surface area contributed by atoms with E-state index < -0.39 is 5.41 Å². The lowest BCUT2D eigenvalue weighted by atomic mass is 9.70. The number of nitrogens with zero attached hydrogens (tertiary/aromatic N) is 2. The number of fused-ring (bicyclic) bond motifs is 16. The van der Waals surface area contributed by atoms with Crippen LogP contribution in [0.5, 0.6) is 0 Å². The van der Waals surface area contributed by atoms with Crippen LogP contribution in [-0.4, -0.2) is 9.13 Å². The Labute approximate surface area is 523 Å². The largest absolute Gasteiger partial charge is 0.309 e. The third-order valence-electron chi connectivity index (χ3n) is 19.6. The van der Waals surface area contributed by atoms with Gasteiger partial charge >= 0.3 is 0 Å². The fourth-order valence-electron chi connectivity index (χ4n) is 15.6. The van der Waals surface area contributed by atoms with Crippen molar-refractivity contribution in [3.05, 3.63) is 379 Å². The lowest BCUT2D eigenvalue weighted by Crippen LogP contribution is -2.26. The van der Waals surface area contributed by atoms with Crippen molar-refractivity contribution in [3.8, 4) is 78.1 Å². The van der Waals surface area contributed by atoms with Crippen LogP contribution in [-0.2, 0) is 5.41 Å². The van der Waals surface area contributed by atoms with E-state index in [0.29, 0.717) is 0 Å². The minimum atomic E-state index is -0.500. The third-order valence-corrected chi connectivity index (χ3v) is 19.6. The molecule has 420 valence electrons. The zero-order chi connectivity index (χ0) is 59.4. The second kappa shape index (κ2) is 20.5. The third kappa shape index (κ3) is 7.91. The van der Waals surface area contributed by atoms with Gasteiger partial charge in [-0.3, -0.25) is 0 Å². The molecule has 2 aliphatic carbocycles. The summed E-state index contributed by atoms with van der Waals surface area (Å²) in [4.78, 5) is 0. The second-order valence-electron chi connectivity index (χ2n) is 24.3. The summed E-state index contributed by atoms with van der Waals surface area (Å²) < 4.78 is 4.88. The van der Waals surface area contributed by atoms with Crippen LogP contribution in [0.2, 0.25) is 0 Å². The lowest BCUT2D eigenvalue weighted by molar-refractivity contribution is 0.794. The van der Waals surface area contributed by atoms with Crippen LogP contribution in [0.3, 0.4) is 0 Å². The molecule has 14 aromatic carbocycles. The molecule has 18 rings (SSSR count). The first kappa shape index (κ1) is 51.6. The molecule has 0 N–H and O–H groups in total. The van der Waals surface area contributed by atoms with E-state index in [1.165, 1.54) is 149 Å². The number of para-hydroxylation sites is 3. The Morgan fingerprint density at radius 2 is 0.678 bits per heavy atom. The van der Waals surface area contributed by atoms with Crippen LogP contribution >= 0.6 is 0 Å². The predicted molar refractivity (Wildman–Crippen MR) is 377 cm³/mol. The molecule has 2 unspecified atom stereocenters. The van der Waals surface area contributed by atoms with Crippen LogP contribution in [0.15, 0.2) is 334 Å². The summed E-state index contributed by atoms with van der Waals surface area (Å²) in [5.41, 5.74) is 31.4. The standard InChI is InChI=1S/C88H58N2/c1-2-57-19-17-22-63(51-57)66-43-47-73-71-27-9-13-31-79(71)88(81(73)54-66)80-32-14-10-28-72(80)74-48-44-67(55-82(74)88)64-23-18-26-70(52-64)90-84-34-16-12-30-76(84)78-53-65(46-50-85(78)90)60-37-41-62(42-38-60)87(61-39-35-59(36-40-61)58-20-5-3-6-21-58)68-45-49-77-75-29-11-15-33-83(75)89(86(77)56-68)69-24-7-4-8-25-69/h2-56,87H,1H2. The summed E-state index contributed by atoms with van der Waals surface area (Å²) in [5, 5.41) is 4.95. The maximum atomic E-state index is 4.09. The normalized spacial score (nSPS) is 14.0. The summed E-state index contributed by atoms with van der Waals surface area (Å²) in [6.07, 6.45) is 1.93. The molecule has 0 radical (unpaired) electrons. The minimum absolute atomic E-state index is 0.0169. The molecule has 0 fully saturated rings. The summed E-state index contributed by atoms with van der Waals surface area (Å²) in [7, 11) is 0. The van der Waals surface area contributed by atoms with Gasteiger partial charge in [0.05, 0.1) is 27.5 Å². The van der Waals surface area contributed by atoms with Gasteiger partial charge in [0, 0.05) is 38.8 Å². The molecule has 2 atom stereocenters. The lowest BCUT2D eigenvalue weighted by Gasteiger charge is -2.31. The Morgan fingerprint density at radius 3 is 1.32 bits per heavy atom. The Bertz CT molecular complexity index is 5530. The molecule has 2 nitrogen and oxygen atoms in total. The number of aromatic nitrogens is 2. The minimum Gasteiger partial charge on any atom is -0.309 e. The van der Waals surface area contributed by atoms with E-state index >= 15 is 0 Å². The fraction of sp³-hybridized carbons (Fsp3) is 0.0227. The van der Waals surface area contributed by atoms with E-state index in [9.17, 15) is 0 Å². The van der Waals surface area contributed by atoms with E-state index in [1.54, 1.807) is 0 Å². The van der Waals surface area contributed by atoms with Gasteiger partial charge in [-0.2, -0.15) is 0 Å². The predicted octanol–water partition coefficient (Wildman–Crippen LogP) is 22.7. The van der Waals surface area contributed by atoms with Crippen LogP contribution in [0, 0.1) is 0 Å². The monoisotopic (exact) mass is 1140 g/mol. The highest BCUT2D eigenvalue weighted by atomic mass is 15.0. The first-order chi connectivity index (χ1) is 44.6. The van der Waals surface area contributed by atoms with Crippen molar-refractivity contribution in [2.45, 2.75) is 11.3 Å². The van der Waals surface area contributed by atoms with Crippen molar-refractivity contribution in [2.75, 3.05) is 0 Å². The average molecular weight is 1140 g/mol. The topological polar surface area (TPSA) is 9.86 Å². The number of hydrogen-bond acceptors (Lipinski definition) is 0. The van der Waals surface area contributed by atoms with Gasteiger partial charge in [-0.05, 0) is 184 Å². The van der Waals surface area contributed by atoms with E-state index in [1.807, 2.05) is 6.08 Å². The molecule has 2 aliphatic rings. The van der Waals surface area contributed by atoms with Gasteiger partial charge in [0.25, 0.3) is 0 Å². The fourth-order valence-corrected chi connectivity index (χ4v) is 15.6. The van der Waals surface area contributed by atoms with Crippen molar-refractivity contribution < 1.29 is 0 Å². The van der Waals surface area contributed by atoms with Crippen molar-refractivity contribution in [1.29, 1.82) is 0 Å². The van der Waals surface area contributed by atoms with E-state index in [2.05, 4.69) is 343 Å². The molecule has 0 bridgehead atoms. The van der Waals surface area contributed by atoms with E-state index in [-0.39, 0.29) is 5.92 Å². The highest BCUT2D eigenvalue weighted by molar-refractivity contribution is 6.11. The van der Waals surface area contributed by atoms with Gasteiger partial charge in [-0.15, -0.1) is 0 Å². The quantitative estimate of drug-likeness (QED) is 0.121. The zero-order valence-corrected chi connectivity index (χ0v) is 49.4. The number of hydrogen-bond donors (Lipinski definition) is 0. The van der Waals surface area contributed by atoms with Gasteiger partial charge in [-0.1, -0.05) is 267 Å². The molecule has 0 aliphatic heterocycles. The van der Waals surface area contributed by atoms with Gasteiger partial charge in [0.2, 0.25) is 0 Å². The molecular weight excluding hydrogens is 1080 g/mol. The molecule has 2 aromatic heterocycles. The van der Waals surface area contributed by atoms with Gasteiger partial charge in [0.1, 0.15) is 0 Å². The van der Waals surface area contributed by atoms with E-state index in [4.69, 9.17) is 0 Å². The number of benzene rings is 14. The summed E-state index contributed by atoms with van der Waals surface area (Å²) in [5.74, 6) is -0.0169. The molecule has 0 saturated carbocycles. The van der Waals surface area contributed by atoms with Crippen molar-refractivity contribution in [1.82, 2.24) is 9.13 Å². The highest BCUT2D eigenvalue weighted by Crippen LogP contribution is 2.63. The maximum Gasteiger partial charge on any atom is 0.0725 e. The van der Waals surface area contributed by atoms with Crippen molar-refractivity contribution >= 4 is 49.7 Å². The van der Waals surface area contributed by atoms with Crippen LogP contribution < -0.4 is 0 Å². The van der Waals surface area contributed by atoms with Crippen molar-refractivity contribution in [3.63, 3.8) is 0 Å². The molecule has 2 heterocycles. The summed E-state index contributed by atoms with van der Waals surface area (Å²) >= 11 is 0. The summed E-state index contributed by atoms with van der Waals surface area (Å²) in [6, 6.07) is 122. The molecule has 16 aromatic rings. The van der Waals surface area contributed by atoms with Gasteiger partial charge < -0.3 is 9.13 Å². The zero-order valence-electron chi connectivity index (χ0n) is 49.4. The maximum absolute atomic E-state index is 4.09. The highest BCUT2D eigenvalue weighted by Gasteiger charge is 2.52. The molecular formula is C88H58N2.